The minimum atomic E-state index is -4.23. The van der Waals surface area contributed by atoms with Crippen LogP contribution in [0, 0.1) is 11.7 Å². The fourth-order valence-electron chi connectivity index (χ4n) is 2.93. The molecule has 2 rings (SSSR count). The number of hydrogen-bond acceptors (Lipinski definition) is 2. The fourth-order valence-corrected chi connectivity index (χ4v) is 2.93. The molecule has 0 aliphatic heterocycles. The van der Waals surface area contributed by atoms with E-state index in [9.17, 15) is 27.2 Å². The highest BCUT2D eigenvalue weighted by atomic mass is 19.4. The fraction of sp³-hybridized carbons (Fsp3) is 0.529. The predicted molar refractivity (Wildman–Crippen MR) is 79.9 cm³/mol. The normalized spacial score (nSPS) is 21.3. The van der Waals surface area contributed by atoms with Crippen LogP contribution in [0.1, 0.15) is 48.9 Å². The van der Waals surface area contributed by atoms with Gasteiger partial charge in [-0.3, -0.25) is 9.59 Å². The van der Waals surface area contributed by atoms with E-state index >= 15 is 0 Å². The number of amides is 1. The van der Waals surface area contributed by atoms with E-state index in [0.29, 0.717) is 18.4 Å². The molecule has 1 aromatic rings. The van der Waals surface area contributed by atoms with Crippen LogP contribution in [0.5, 0.6) is 0 Å². The van der Waals surface area contributed by atoms with Crippen molar-refractivity contribution >= 4 is 11.7 Å². The molecule has 2 unspecified atom stereocenters. The maximum atomic E-state index is 12.8. The second-order valence-corrected chi connectivity index (χ2v) is 6.10. The maximum Gasteiger partial charge on any atom is 0.391 e. The molecule has 24 heavy (non-hydrogen) atoms. The van der Waals surface area contributed by atoms with Gasteiger partial charge in [0.05, 0.1) is 5.92 Å². The molecule has 1 aliphatic rings. The third-order valence-corrected chi connectivity index (χ3v) is 4.25. The maximum absolute atomic E-state index is 12.8. The Morgan fingerprint density at radius 1 is 1.08 bits per heavy atom. The molecule has 0 radical (unpaired) electrons. The number of benzene rings is 1. The summed E-state index contributed by atoms with van der Waals surface area (Å²) in [7, 11) is 0. The third-order valence-electron chi connectivity index (χ3n) is 4.25. The van der Waals surface area contributed by atoms with Crippen LogP contribution in [-0.4, -0.2) is 23.9 Å². The van der Waals surface area contributed by atoms with Crippen LogP contribution >= 0.6 is 0 Å². The molecule has 3 nitrogen and oxygen atoms in total. The Balaban J connectivity index is 1.78. The highest BCUT2D eigenvalue weighted by Crippen LogP contribution is 2.37. The van der Waals surface area contributed by atoms with Gasteiger partial charge >= 0.3 is 6.18 Å². The number of carbonyl (C=O) groups is 2. The largest absolute Gasteiger partial charge is 0.391 e. The van der Waals surface area contributed by atoms with Crippen molar-refractivity contribution in [2.45, 2.75) is 50.7 Å². The van der Waals surface area contributed by atoms with Crippen LogP contribution in [0.4, 0.5) is 17.6 Å². The van der Waals surface area contributed by atoms with Crippen molar-refractivity contribution in [3.8, 4) is 0 Å². The van der Waals surface area contributed by atoms with E-state index in [4.69, 9.17) is 0 Å². The molecule has 132 valence electrons. The van der Waals surface area contributed by atoms with Gasteiger partial charge in [0.25, 0.3) is 0 Å². The molecule has 1 saturated carbocycles. The Bertz CT molecular complexity index is 583. The van der Waals surface area contributed by atoms with Gasteiger partial charge in [-0.15, -0.1) is 0 Å². The van der Waals surface area contributed by atoms with Crippen molar-refractivity contribution in [3.05, 3.63) is 35.6 Å². The second-order valence-electron chi connectivity index (χ2n) is 6.10. The molecule has 0 aromatic heterocycles. The van der Waals surface area contributed by atoms with Crippen LogP contribution < -0.4 is 5.32 Å². The average molecular weight is 345 g/mol. The van der Waals surface area contributed by atoms with Crippen molar-refractivity contribution < 1.29 is 27.2 Å². The number of nitrogens with one attached hydrogen (secondary N) is 1. The minimum Gasteiger partial charge on any atom is -0.353 e. The Kier molecular flexibility index (Phi) is 5.96. The summed E-state index contributed by atoms with van der Waals surface area (Å²) in [6.45, 7) is 0. The number of Topliss-reactive ketones (excluding diaryl/α,β-unsaturated/α-hetero) is 1. The molecular weight excluding hydrogens is 326 g/mol. The van der Waals surface area contributed by atoms with Gasteiger partial charge < -0.3 is 5.32 Å². The van der Waals surface area contributed by atoms with Crippen molar-refractivity contribution in [2.75, 3.05) is 0 Å². The Hall–Kier alpha value is -1.92. The summed E-state index contributed by atoms with van der Waals surface area (Å²) in [6, 6.07) is 4.49. The van der Waals surface area contributed by atoms with Gasteiger partial charge in [-0.2, -0.15) is 13.2 Å². The lowest BCUT2D eigenvalue weighted by Crippen LogP contribution is -2.41. The van der Waals surface area contributed by atoms with Crippen LogP contribution in [-0.2, 0) is 4.79 Å². The predicted octanol–water partition coefficient (Wildman–Crippen LogP) is 4.03. The molecule has 0 heterocycles. The molecule has 1 aliphatic carbocycles. The topological polar surface area (TPSA) is 46.2 Å². The first-order chi connectivity index (χ1) is 11.3. The zero-order valence-corrected chi connectivity index (χ0v) is 13.0. The Morgan fingerprint density at radius 2 is 1.75 bits per heavy atom. The van der Waals surface area contributed by atoms with Gasteiger partial charge in [0.1, 0.15) is 5.82 Å². The highest BCUT2D eigenvalue weighted by molar-refractivity contribution is 5.97. The van der Waals surface area contributed by atoms with Gasteiger partial charge in [-0.25, -0.2) is 4.39 Å². The van der Waals surface area contributed by atoms with Gasteiger partial charge in [0, 0.05) is 24.4 Å². The van der Waals surface area contributed by atoms with Crippen molar-refractivity contribution in [1.82, 2.24) is 5.32 Å². The summed E-state index contributed by atoms with van der Waals surface area (Å²) < 4.78 is 51.0. The number of carbonyl (C=O) groups excluding carboxylic acids is 2. The van der Waals surface area contributed by atoms with E-state index in [1.54, 1.807) is 0 Å². The summed E-state index contributed by atoms with van der Waals surface area (Å²) in [5.41, 5.74) is 0.305. The van der Waals surface area contributed by atoms with Crippen LogP contribution in [0.2, 0.25) is 0 Å². The highest BCUT2D eigenvalue weighted by Gasteiger charge is 2.42. The van der Waals surface area contributed by atoms with E-state index in [1.807, 2.05) is 0 Å². The summed E-state index contributed by atoms with van der Waals surface area (Å²) >= 11 is 0. The molecule has 1 amide bonds. The molecule has 1 fully saturated rings. The Morgan fingerprint density at radius 3 is 2.38 bits per heavy atom. The van der Waals surface area contributed by atoms with Gasteiger partial charge in [-0.1, -0.05) is 6.42 Å². The van der Waals surface area contributed by atoms with Gasteiger partial charge in [-0.05, 0) is 43.5 Å². The molecule has 0 bridgehead atoms. The zero-order chi connectivity index (χ0) is 17.7. The smallest absolute Gasteiger partial charge is 0.353 e. The van der Waals surface area contributed by atoms with Crippen LogP contribution in [0.15, 0.2) is 24.3 Å². The summed E-state index contributed by atoms with van der Waals surface area (Å²) in [5, 5.41) is 2.59. The summed E-state index contributed by atoms with van der Waals surface area (Å²) in [6.07, 6.45) is -3.47. The standard InChI is InChI=1S/C17H19F4NO2/c18-13-6-4-11(5-7-13)15(23)8-9-16(24)22-14-3-1-2-12(10-14)17(19,20)21/h4-7,12,14H,1-3,8-10H2,(H,22,24). The minimum absolute atomic E-state index is 0.0626. The van der Waals surface area contributed by atoms with E-state index < -0.39 is 29.9 Å². The van der Waals surface area contributed by atoms with E-state index in [-0.39, 0.29) is 31.5 Å². The van der Waals surface area contributed by atoms with E-state index in [1.165, 1.54) is 12.1 Å². The quantitative estimate of drug-likeness (QED) is 0.647. The van der Waals surface area contributed by atoms with Crippen molar-refractivity contribution in [3.63, 3.8) is 0 Å². The molecule has 2 atom stereocenters. The number of rotatable bonds is 5. The number of hydrogen-bond donors (Lipinski definition) is 1. The van der Waals surface area contributed by atoms with E-state index in [2.05, 4.69) is 5.32 Å². The summed E-state index contributed by atoms with van der Waals surface area (Å²) in [4.78, 5) is 23.7. The number of ketones is 1. The first-order valence-corrected chi connectivity index (χ1v) is 7.90. The molecular formula is C17H19F4NO2. The van der Waals surface area contributed by atoms with Crippen molar-refractivity contribution in [2.24, 2.45) is 5.92 Å². The lowest BCUT2D eigenvalue weighted by Gasteiger charge is -2.31. The molecule has 1 N–H and O–H groups in total. The number of alkyl halides is 3. The average Bonchev–Trinajstić information content (AvgIpc) is 2.53. The lowest BCUT2D eigenvalue weighted by atomic mass is 9.85. The van der Waals surface area contributed by atoms with Crippen LogP contribution in [0.3, 0.4) is 0 Å². The zero-order valence-electron chi connectivity index (χ0n) is 13.0. The van der Waals surface area contributed by atoms with E-state index in [0.717, 1.165) is 12.1 Å². The molecule has 0 spiro atoms. The monoisotopic (exact) mass is 345 g/mol. The SMILES string of the molecule is O=C(CCC(=O)c1ccc(F)cc1)NC1CCCC(C(F)(F)F)C1. The summed E-state index contributed by atoms with van der Waals surface area (Å²) in [5.74, 6) is -2.57. The number of halogens is 4. The lowest BCUT2D eigenvalue weighted by molar-refractivity contribution is -0.184. The molecule has 0 saturated heterocycles. The first kappa shape index (κ1) is 18.4. The van der Waals surface area contributed by atoms with Crippen LogP contribution in [0.25, 0.3) is 0 Å². The first-order valence-electron chi connectivity index (χ1n) is 7.90. The van der Waals surface area contributed by atoms with Crippen molar-refractivity contribution in [1.29, 1.82) is 0 Å². The van der Waals surface area contributed by atoms with Gasteiger partial charge in [0.15, 0.2) is 5.78 Å². The third kappa shape index (κ3) is 5.32. The molecule has 7 heteroatoms. The Labute approximate surface area is 137 Å². The van der Waals surface area contributed by atoms with Gasteiger partial charge in [0.2, 0.25) is 5.91 Å². The molecule has 1 aromatic carbocycles. The second kappa shape index (κ2) is 7.77.